The molecule has 0 aromatic rings. The smallest absolute Gasteiger partial charge is 0.306 e. The maximum Gasteiger partial charge on any atom is 0.306 e. The predicted octanol–water partition coefficient (Wildman–Crippen LogP) is 22.8. The van der Waals surface area contributed by atoms with Gasteiger partial charge in [-0.3, -0.25) is 14.4 Å². The summed E-state index contributed by atoms with van der Waals surface area (Å²) in [7, 11) is 0. The molecule has 0 saturated heterocycles. The molecule has 0 bridgehead atoms. The van der Waals surface area contributed by atoms with Crippen molar-refractivity contribution < 1.29 is 28.6 Å². The van der Waals surface area contributed by atoms with Crippen LogP contribution in [0.5, 0.6) is 0 Å². The van der Waals surface area contributed by atoms with Crippen molar-refractivity contribution in [3.05, 3.63) is 97.2 Å². The van der Waals surface area contributed by atoms with Gasteiger partial charge in [0.15, 0.2) is 6.10 Å². The Morgan fingerprint density at radius 1 is 0.269 bits per heavy atom. The number of hydrogen-bond donors (Lipinski definition) is 0. The third kappa shape index (κ3) is 63.2. The highest BCUT2D eigenvalue weighted by atomic mass is 16.6. The highest BCUT2D eigenvalue weighted by Crippen LogP contribution is 2.17. The molecule has 0 N–H and O–H groups in total. The zero-order chi connectivity index (χ0) is 56.4. The molecule has 78 heavy (non-hydrogen) atoms. The lowest BCUT2D eigenvalue weighted by atomic mass is 10.0. The molecule has 0 aromatic heterocycles. The molecule has 0 rings (SSSR count). The van der Waals surface area contributed by atoms with Crippen LogP contribution < -0.4 is 0 Å². The standard InChI is InChI=1S/C72H124O6/c1-4-7-10-13-16-19-22-25-28-31-33-35-37-38-41-44-47-50-53-56-59-62-65-71(74)77-68-69(67-76-70(73)64-61-58-55-52-49-46-43-40-30-27-24-21-18-15-12-9-6-3)78-72(75)66-63-60-57-54-51-48-45-42-39-36-34-32-29-26-23-20-17-14-11-8-5-2/h8,11,17-18,20-21,26-27,29-30,34,36,42,45,51,54,69H,4-7,9-10,12-16,19,22-25,28,31-33,35,37-41,43-44,46-50,52-53,55-68H2,1-3H3/b11-8-,20-17-,21-18-,29-26-,30-27-,36-34-,45-42-,54-51-. The Labute approximate surface area is 483 Å². The predicted molar refractivity (Wildman–Crippen MR) is 339 cm³/mol. The number of esters is 3. The summed E-state index contributed by atoms with van der Waals surface area (Å²) in [4.78, 5) is 38.4. The van der Waals surface area contributed by atoms with E-state index in [1.165, 1.54) is 173 Å². The molecule has 0 aliphatic heterocycles. The van der Waals surface area contributed by atoms with E-state index < -0.39 is 6.10 Å². The summed E-state index contributed by atoms with van der Waals surface area (Å²) in [5.41, 5.74) is 0. The number of carbonyl (C=O) groups excluding carboxylic acids is 3. The topological polar surface area (TPSA) is 78.9 Å². The SMILES string of the molecule is CC/C=C\C/C=C\C/C=C\C/C=C\C/C=C\C/C=C\CCCCC(=O)OC(COC(=O)CCCCCCCCC/C=C\C/C=C\CCCCC)COC(=O)CCCCCCCCCCCCCCCCCCCCCCCC. The van der Waals surface area contributed by atoms with Gasteiger partial charge in [-0.05, 0) is 103 Å². The lowest BCUT2D eigenvalue weighted by Crippen LogP contribution is -2.30. The first-order valence-corrected chi connectivity index (χ1v) is 33.2. The molecule has 0 aliphatic carbocycles. The first-order chi connectivity index (χ1) is 38.5. The Bertz CT molecular complexity index is 1530. The number of allylic oxidation sites excluding steroid dienone is 16. The number of rotatable bonds is 60. The molecule has 448 valence electrons. The van der Waals surface area contributed by atoms with Gasteiger partial charge in [-0.15, -0.1) is 0 Å². The molecular formula is C72H124O6. The molecule has 0 aromatic carbocycles. The van der Waals surface area contributed by atoms with Crippen molar-refractivity contribution in [1.82, 2.24) is 0 Å². The molecule has 6 heteroatoms. The van der Waals surface area contributed by atoms with Crippen molar-refractivity contribution in [2.75, 3.05) is 13.2 Å². The normalized spacial score (nSPS) is 12.7. The van der Waals surface area contributed by atoms with Gasteiger partial charge in [-0.2, -0.15) is 0 Å². The van der Waals surface area contributed by atoms with Crippen molar-refractivity contribution in [3.63, 3.8) is 0 Å². The zero-order valence-electron chi connectivity index (χ0n) is 51.4. The molecule has 0 aliphatic rings. The lowest BCUT2D eigenvalue weighted by molar-refractivity contribution is -0.167. The van der Waals surface area contributed by atoms with E-state index in [0.29, 0.717) is 19.3 Å². The molecule has 6 nitrogen and oxygen atoms in total. The van der Waals surface area contributed by atoms with Crippen LogP contribution >= 0.6 is 0 Å². The fourth-order valence-corrected chi connectivity index (χ4v) is 9.36. The average Bonchev–Trinajstić information content (AvgIpc) is 3.44. The summed E-state index contributed by atoms with van der Waals surface area (Å²) in [6, 6.07) is 0. The molecule has 0 radical (unpaired) electrons. The third-order valence-electron chi connectivity index (χ3n) is 14.3. The molecule has 0 heterocycles. The third-order valence-corrected chi connectivity index (χ3v) is 14.3. The second-order valence-corrected chi connectivity index (χ2v) is 22.0. The van der Waals surface area contributed by atoms with Crippen LogP contribution in [0, 0.1) is 0 Å². The van der Waals surface area contributed by atoms with Crippen molar-refractivity contribution >= 4 is 17.9 Å². The first kappa shape index (κ1) is 74.3. The molecule has 1 atom stereocenters. The molecule has 0 spiro atoms. The molecule has 0 amide bonds. The number of unbranched alkanes of at least 4 members (excludes halogenated alkanes) is 33. The minimum atomic E-state index is -0.805. The second kappa shape index (κ2) is 65.8. The number of ether oxygens (including phenoxy) is 3. The minimum Gasteiger partial charge on any atom is -0.462 e. The van der Waals surface area contributed by atoms with Gasteiger partial charge in [0.2, 0.25) is 0 Å². The first-order valence-electron chi connectivity index (χ1n) is 33.2. The van der Waals surface area contributed by atoms with E-state index in [0.717, 1.165) is 103 Å². The monoisotopic (exact) mass is 1080 g/mol. The quantitative estimate of drug-likeness (QED) is 0.0261. The highest BCUT2D eigenvalue weighted by molar-refractivity contribution is 5.71. The van der Waals surface area contributed by atoms with Crippen LogP contribution in [0.3, 0.4) is 0 Å². The van der Waals surface area contributed by atoms with Crippen LogP contribution in [-0.2, 0) is 28.6 Å². The van der Waals surface area contributed by atoms with Crippen molar-refractivity contribution in [2.45, 2.75) is 329 Å². The molecular weight excluding hydrogens is 961 g/mol. The lowest BCUT2D eigenvalue weighted by Gasteiger charge is -2.18. The highest BCUT2D eigenvalue weighted by Gasteiger charge is 2.19. The van der Waals surface area contributed by atoms with Crippen LogP contribution in [0.25, 0.3) is 0 Å². The summed E-state index contributed by atoms with van der Waals surface area (Å²) in [5.74, 6) is -0.934. The Morgan fingerprint density at radius 2 is 0.500 bits per heavy atom. The van der Waals surface area contributed by atoms with Crippen LogP contribution in [-0.4, -0.2) is 37.2 Å². The Hall–Kier alpha value is -3.67. The summed E-state index contributed by atoms with van der Waals surface area (Å²) in [6.45, 7) is 6.50. The molecule has 0 fully saturated rings. The van der Waals surface area contributed by atoms with E-state index in [2.05, 4.69) is 118 Å². The van der Waals surface area contributed by atoms with E-state index in [4.69, 9.17) is 14.2 Å². The van der Waals surface area contributed by atoms with Crippen molar-refractivity contribution in [1.29, 1.82) is 0 Å². The Balaban J connectivity index is 4.43. The minimum absolute atomic E-state index is 0.0956. The zero-order valence-corrected chi connectivity index (χ0v) is 51.4. The van der Waals surface area contributed by atoms with Crippen molar-refractivity contribution in [2.24, 2.45) is 0 Å². The fraction of sp³-hybridized carbons (Fsp3) is 0.736. The Kier molecular flexibility index (Phi) is 62.7. The maximum atomic E-state index is 12.9. The molecule has 0 saturated carbocycles. The van der Waals surface area contributed by atoms with Gasteiger partial charge < -0.3 is 14.2 Å². The summed E-state index contributed by atoms with van der Waals surface area (Å²) in [6.07, 6.45) is 88.5. The van der Waals surface area contributed by atoms with E-state index in [1.54, 1.807) is 0 Å². The van der Waals surface area contributed by atoms with Gasteiger partial charge >= 0.3 is 17.9 Å². The maximum absolute atomic E-state index is 12.9. The molecule has 1 unspecified atom stereocenters. The Morgan fingerprint density at radius 3 is 0.833 bits per heavy atom. The van der Waals surface area contributed by atoms with Crippen molar-refractivity contribution in [3.8, 4) is 0 Å². The second-order valence-electron chi connectivity index (χ2n) is 22.0. The van der Waals surface area contributed by atoms with E-state index in [9.17, 15) is 14.4 Å². The van der Waals surface area contributed by atoms with Gasteiger partial charge in [0.25, 0.3) is 0 Å². The van der Waals surface area contributed by atoms with Gasteiger partial charge in [-0.25, -0.2) is 0 Å². The van der Waals surface area contributed by atoms with Gasteiger partial charge in [0.05, 0.1) is 0 Å². The largest absolute Gasteiger partial charge is 0.462 e. The van der Waals surface area contributed by atoms with E-state index >= 15 is 0 Å². The fourth-order valence-electron chi connectivity index (χ4n) is 9.36. The summed E-state index contributed by atoms with van der Waals surface area (Å²) < 4.78 is 16.9. The van der Waals surface area contributed by atoms with Crippen LogP contribution in [0.2, 0.25) is 0 Å². The van der Waals surface area contributed by atoms with E-state index in [-0.39, 0.29) is 37.5 Å². The summed E-state index contributed by atoms with van der Waals surface area (Å²) >= 11 is 0. The van der Waals surface area contributed by atoms with E-state index in [1.807, 2.05) is 0 Å². The van der Waals surface area contributed by atoms with Gasteiger partial charge in [0, 0.05) is 19.3 Å². The number of hydrogen-bond acceptors (Lipinski definition) is 6. The summed E-state index contributed by atoms with van der Waals surface area (Å²) in [5, 5.41) is 0. The average molecular weight is 1090 g/mol. The van der Waals surface area contributed by atoms with Crippen LogP contribution in [0.15, 0.2) is 97.2 Å². The van der Waals surface area contributed by atoms with Gasteiger partial charge in [-0.1, -0.05) is 298 Å². The van der Waals surface area contributed by atoms with Gasteiger partial charge in [0.1, 0.15) is 13.2 Å². The van der Waals surface area contributed by atoms with Crippen LogP contribution in [0.1, 0.15) is 323 Å². The van der Waals surface area contributed by atoms with Crippen LogP contribution in [0.4, 0.5) is 0 Å². The number of carbonyl (C=O) groups is 3.